The average molecular weight is 351 g/mol. The molecule has 0 atom stereocenters. The molecule has 2 aromatic heterocycles. The van der Waals surface area contributed by atoms with Crippen molar-refractivity contribution in [1.29, 1.82) is 0 Å². The number of aromatic nitrogens is 4. The number of carbonyl (C=O) groups excluding carboxylic acids is 1. The Morgan fingerprint density at radius 3 is 2.73 bits per heavy atom. The molecule has 2 aromatic carbocycles. The summed E-state index contributed by atoms with van der Waals surface area (Å²) in [5.74, 6) is -0.829. The molecule has 2 heterocycles. The monoisotopic (exact) mass is 351 g/mol. The van der Waals surface area contributed by atoms with E-state index in [2.05, 4.69) is 15.4 Å². The van der Waals surface area contributed by atoms with Gasteiger partial charge in [-0.2, -0.15) is 0 Å². The highest BCUT2D eigenvalue weighted by Crippen LogP contribution is 2.18. The first-order valence-corrected chi connectivity index (χ1v) is 7.92. The lowest BCUT2D eigenvalue weighted by atomic mass is 10.1. The molecule has 0 aliphatic carbocycles. The fourth-order valence-electron chi connectivity index (χ4n) is 2.81. The highest BCUT2D eigenvalue weighted by Gasteiger charge is 2.14. The van der Waals surface area contributed by atoms with Crippen molar-refractivity contribution in [2.75, 3.05) is 5.32 Å². The van der Waals surface area contributed by atoms with Crippen LogP contribution in [0, 0.1) is 12.7 Å². The van der Waals surface area contributed by atoms with Crippen LogP contribution in [0.5, 0.6) is 0 Å². The van der Waals surface area contributed by atoms with Gasteiger partial charge in [0.15, 0.2) is 5.65 Å². The topological polar surface area (TPSA) is 81.3 Å². The molecule has 0 saturated carbocycles. The van der Waals surface area contributed by atoms with Gasteiger partial charge >= 0.3 is 5.69 Å². The number of carbonyl (C=O) groups is 1. The van der Waals surface area contributed by atoms with Gasteiger partial charge in [0, 0.05) is 11.1 Å². The summed E-state index contributed by atoms with van der Waals surface area (Å²) in [7, 11) is 0. The number of hydrogen-bond donors (Lipinski definition) is 1. The van der Waals surface area contributed by atoms with E-state index in [0.717, 1.165) is 21.1 Å². The molecule has 0 unspecified atom stereocenters. The second-order valence-corrected chi connectivity index (χ2v) is 5.90. The van der Waals surface area contributed by atoms with Crippen LogP contribution in [0.3, 0.4) is 0 Å². The summed E-state index contributed by atoms with van der Waals surface area (Å²) in [5.41, 5.74) is 2.16. The predicted molar refractivity (Wildman–Crippen MR) is 94.5 cm³/mol. The number of nitrogens with one attached hydrogen (secondary N) is 1. The summed E-state index contributed by atoms with van der Waals surface area (Å²) in [4.78, 5) is 29.0. The summed E-state index contributed by atoms with van der Waals surface area (Å²) < 4.78 is 15.3. The molecule has 1 N–H and O–H groups in total. The lowest BCUT2D eigenvalue weighted by molar-refractivity contribution is -0.117. The quantitative estimate of drug-likeness (QED) is 0.613. The molecule has 0 aliphatic rings. The summed E-state index contributed by atoms with van der Waals surface area (Å²) in [6.45, 7) is 1.67. The van der Waals surface area contributed by atoms with Gasteiger partial charge < -0.3 is 5.32 Å². The van der Waals surface area contributed by atoms with E-state index in [1.807, 2.05) is 25.1 Å². The first kappa shape index (κ1) is 15.9. The summed E-state index contributed by atoms with van der Waals surface area (Å²) in [5, 5.41) is 7.63. The van der Waals surface area contributed by atoms with Gasteiger partial charge in [0.1, 0.15) is 18.7 Å². The normalized spacial score (nSPS) is 11.2. The van der Waals surface area contributed by atoms with E-state index in [1.165, 1.54) is 35.0 Å². The molecule has 130 valence electrons. The van der Waals surface area contributed by atoms with E-state index in [-0.39, 0.29) is 6.54 Å². The minimum atomic E-state index is -0.454. The number of para-hydroxylation sites is 1. The van der Waals surface area contributed by atoms with Crippen molar-refractivity contribution in [1.82, 2.24) is 19.2 Å². The van der Waals surface area contributed by atoms with Gasteiger partial charge in [0.05, 0.1) is 5.52 Å². The van der Waals surface area contributed by atoms with E-state index in [9.17, 15) is 14.0 Å². The molecule has 1 amide bonds. The molecule has 0 radical (unpaired) electrons. The van der Waals surface area contributed by atoms with Crippen molar-refractivity contribution in [2.24, 2.45) is 0 Å². The van der Waals surface area contributed by atoms with Crippen molar-refractivity contribution in [2.45, 2.75) is 13.5 Å². The molecule has 26 heavy (non-hydrogen) atoms. The van der Waals surface area contributed by atoms with Crippen molar-refractivity contribution >= 4 is 28.1 Å². The van der Waals surface area contributed by atoms with Crippen LogP contribution in [0.4, 0.5) is 10.1 Å². The third-order valence-electron chi connectivity index (χ3n) is 4.07. The van der Waals surface area contributed by atoms with Crippen LogP contribution in [-0.4, -0.2) is 25.1 Å². The Balaban J connectivity index is 1.68. The van der Waals surface area contributed by atoms with Crippen molar-refractivity contribution in [3.8, 4) is 0 Å². The maximum Gasteiger partial charge on any atom is 0.352 e. The number of amides is 1. The lowest BCUT2D eigenvalue weighted by Gasteiger charge is -2.04. The molecule has 0 fully saturated rings. The number of aryl methyl sites for hydroxylation is 1. The highest BCUT2D eigenvalue weighted by molar-refractivity contribution is 5.93. The number of halogens is 1. The largest absolute Gasteiger partial charge is 0.352 e. The molecular formula is C18H14FN5O2. The maximum absolute atomic E-state index is 12.9. The van der Waals surface area contributed by atoms with Gasteiger partial charge in [-0.15, -0.1) is 5.10 Å². The van der Waals surface area contributed by atoms with E-state index in [1.54, 1.807) is 0 Å². The number of rotatable bonds is 3. The molecular weight excluding hydrogens is 337 g/mol. The van der Waals surface area contributed by atoms with Crippen LogP contribution in [0.1, 0.15) is 5.56 Å². The minimum Gasteiger partial charge on any atom is -0.324 e. The van der Waals surface area contributed by atoms with E-state index < -0.39 is 17.4 Å². The molecule has 0 bridgehead atoms. The highest BCUT2D eigenvalue weighted by atomic mass is 19.1. The number of nitrogens with zero attached hydrogens (tertiary/aromatic N) is 4. The zero-order chi connectivity index (χ0) is 18.3. The Bertz CT molecular complexity index is 1190. The van der Waals surface area contributed by atoms with Crippen molar-refractivity contribution in [3.63, 3.8) is 0 Å². The van der Waals surface area contributed by atoms with Crippen LogP contribution in [0.25, 0.3) is 16.6 Å². The van der Waals surface area contributed by atoms with Crippen LogP contribution in [-0.2, 0) is 11.3 Å². The Labute approximate surface area is 146 Å². The second-order valence-electron chi connectivity index (χ2n) is 5.90. The maximum atomic E-state index is 12.9. The average Bonchev–Trinajstić information content (AvgIpc) is 2.94. The van der Waals surface area contributed by atoms with Crippen LogP contribution in [0.15, 0.2) is 53.6 Å². The molecule has 0 spiro atoms. The Kier molecular flexibility index (Phi) is 3.72. The minimum absolute atomic E-state index is 0.259. The van der Waals surface area contributed by atoms with E-state index in [4.69, 9.17) is 0 Å². The molecule has 0 saturated heterocycles. The summed E-state index contributed by atoms with van der Waals surface area (Å²) >= 11 is 0. The molecule has 0 aliphatic heterocycles. The summed E-state index contributed by atoms with van der Waals surface area (Å²) in [6.07, 6.45) is 1.41. The van der Waals surface area contributed by atoms with Crippen LogP contribution >= 0.6 is 0 Å². The number of anilines is 1. The van der Waals surface area contributed by atoms with E-state index in [0.29, 0.717) is 11.3 Å². The third-order valence-corrected chi connectivity index (χ3v) is 4.07. The third kappa shape index (κ3) is 2.71. The fraction of sp³-hybridized carbons (Fsp3) is 0.111. The number of fused-ring (bicyclic) bond motifs is 3. The van der Waals surface area contributed by atoms with Gasteiger partial charge in [-0.25, -0.2) is 23.3 Å². The van der Waals surface area contributed by atoms with Gasteiger partial charge in [0.25, 0.3) is 0 Å². The van der Waals surface area contributed by atoms with Crippen LogP contribution in [0.2, 0.25) is 0 Å². The molecule has 4 rings (SSSR count). The predicted octanol–water partition coefficient (Wildman–Crippen LogP) is 2.13. The first-order valence-electron chi connectivity index (χ1n) is 7.92. The first-order chi connectivity index (χ1) is 12.5. The van der Waals surface area contributed by atoms with E-state index >= 15 is 0 Å². The summed E-state index contributed by atoms with van der Waals surface area (Å²) in [6, 6.07) is 11.0. The lowest BCUT2D eigenvalue weighted by Crippen LogP contribution is -2.28. The van der Waals surface area contributed by atoms with Gasteiger partial charge in [-0.3, -0.25) is 4.79 Å². The van der Waals surface area contributed by atoms with Crippen LogP contribution < -0.4 is 11.0 Å². The van der Waals surface area contributed by atoms with Gasteiger partial charge in [0.2, 0.25) is 5.91 Å². The molecule has 8 heteroatoms. The van der Waals surface area contributed by atoms with Gasteiger partial charge in [-0.05, 0) is 42.8 Å². The Morgan fingerprint density at radius 2 is 1.96 bits per heavy atom. The number of benzene rings is 2. The van der Waals surface area contributed by atoms with Crippen molar-refractivity contribution in [3.05, 3.63) is 70.7 Å². The smallest absolute Gasteiger partial charge is 0.324 e. The zero-order valence-electron chi connectivity index (χ0n) is 13.8. The number of hydrogen-bond acceptors (Lipinski definition) is 4. The molecule has 4 aromatic rings. The molecule has 7 nitrogen and oxygen atoms in total. The second kappa shape index (κ2) is 6.07. The zero-order valence-corrected chi connectivity index (χ0v) is 13.8. The standard InChI is InChI=1S/C18H14FN5O2/c1-11-3-2-4-14-16(11)20-10-23-17(14)22-24(18(23)26)9-15(25)21-13-7-5-12(19)6-8-13/h2-8,10H,9H2,1H3,(H,21,25). The SMILES string of the molecule is Cc1cccc2c1ncn1c(=O)n(CC(=O)Nc3ccc(F)cc3)nc21. The Morgan fingerprint density at radius 1 is 1.19 bits per heavy atom. The fourth-order valence-corrected chi connectivity index (χ4v) is 2.81. The van der Waals surface area contributed by atoms with Gasteiger partial charge in [-0.1, -0.05) is 12.1 Å². The van der Waals surface area contributed by atoms with Crippen molar-refractivity contribution < 1.29 is 9.18 Å². The Hall–Kier alpha value is -3.55.